The van der Waals surface area contributed by atoms with Gasteiger partial charge in [0.1, 0.15) is 5.75 Å². The molecule has 0 aliphatic rings. The monoisotopic (exact) mass is 317 g/mol. The molecule has 0 aliphatic carbocycles. The number of nitrogens with zero attached hydrogens (tertiary/aromatic N) is 1. The van der Waals surface area contributed by atoms with E-state index >= 15 is 0 Å². The Labute approximate surface area is 134 Å². The van der Waals surface area contributed by atoms with Crippen molar-refractivity contribution in [1.29, 1.82) is 5.26 Å². The molecule has 0 N–H and O–H groups in total. The molecule has 21 heavy (non-hydrogen) atoms. The van der Waals surface area contributed by atoms with Crippen LogP contribution in [0, 0.1) is 11.3 Å². The summed E-state index contributed by atoms with van der Waals surface area (Å²) < 4.78 is 5.56. The number of benzene rings is 2. The minimum Gasteiger partial charge on any atom is -0.493 e. The van der Waals surface area contributed by atoms with Gasteiger partial charge in [-0.15, -0.1) is 0 Å². The highest BCUT2D eigenvalue weighted by Crippen LogP contribution is 2.28. The van der Waals surface area contributed by atoms with Gasteiger partial charge in [0.2, 0.25) is 0 Å². The van der Waals surface area contributed by atoms with Gasteiger partial charge in [0, 0.05) is 15.6 Å². The lowest BCUT2D eigenvalue weighted by molar-refractivity contribution is 0.339. The lowest BCUT2D eigenvalue weighted by Gasteiger charge is -2.08. The maximum absolute atomic E-state index is 9.39. The Kier molecular flexibility index (Phi) is 5.27. The molecule has 0 heterocycles. The van der Waals surface area contributed by atoms with Crippen LogP contribution in [0.3, 0.4) is 0 Å². The highest BCUT2D eigenvalue weighted by atomic mass is 35.5. The highest BCUT2D eigenvalue weighted by Gasteiger charge is 2.06. The van der Waals surface area contributed by atoms with E-state index in [9.17, 15) is 5.26 Å². The van der Waals surface area contributed by atoms with Gasteiger partial charge in [-0.25, -0.2) is 0 Å². The van der Waals surface area contributed by atoms with Crippen LogP contribution in [0.25, 0.3) is 11.6 Å². The molecule has 0 spiro atoms. The molecule has 0 radical (unpaired) electrons. The van der Waals surface area contributed by atoms with Gasteiger partial charge in [0.05, 0.1) is 18.2 Å². The topological polar surface area (TPSA) is 33.0 Å². The predicted molar refractivity (Wildman–Crippen MR) is 87.6 cm³/mol. The van der Waals surface area contributed by atoms with Crippen LogP contribution in [0.15, 0.2) is 42.5 Å². The van der Waals surface area contributed by atoms with Gasteiger partial charge in [-0.05, 0) is 48.9 Å². The van der Waals surface area contributed by atoms with Crippen LogP contribution < -0.4 is 4.74 Å². The Bertz CT molecular complexity index is 717. The van der Waals surface area contributed by atoms with Gasteiger partial charge >= 0.3 is 0 Å². The molecule has 0 fully saturated rings. The van der Waals surface area contributed by atoms with E-state index in [-0.39, 0.29) is 0 Å². The van der Waals surface area contributed by atoms with Gasteiger partial charge in [-0.3, -0.25) is 0 Å². The molecule has 2 aromatic rings. The lowest BCUT2D eigenvalue weighted by atomic mass is 10.0. The van der Waals surface area contributed by atoms with E-state index in [2.05, 4.69) is 6.07 Å². The van der Waals surface area contributed by atoms with E-state index in [0.29, 0.717) is 28.0 Å². The predicted octanol–water partition coefficient (Wildman–Crippen LogP) is 5.46. The third kappa shape index (κ3) is 4.01. The summed E-state index contributed by atoms with van der Waals surface area (Å²) in [6.45, 7) is 2.45. The minimum absolute atomic E-state index is 0.501. The first-order valence-corrected chi connectivity index (χ1v) is 7.19. The van der Waals surface area contributed by atoms with Crippen molar-refractivity contribution >= 4 is 34.9 Å². The number of rotatable bonds is 4. The van der Waals surface area contributed by atoms with Gasteiger partial charge in [0.25, 0.3) is 0 Å². The Morgan fingerprint density at radius 3 is 2.62 bits per heavy atom. The van der Waals surface area contributed by atoms with Crippen molar-refractivity contribution in [1.82, 2.24) is 0 Å². The third-order valence-corrected chi connectivity index (χ3v) is 3.30. The Hall–Kier alpha value is -1.95. The fraction of sp³-hybridized carbons (Fsp3) is 0.118. The SMILES string of the molecule is CCOc1ccc(Cl)cc1C=C(C#N)c1cccc(Cl)c1. The molecular formula is C17H13Cl2NO. The lowest BCUT2D eigenvalue weighted by Crippen LogP contribution is -1.94. The summed E-state index contributed by atoms with van der Waals surface area (Å²) >= 11 is 12.0. The van der Waals surface area contributed by atoms with Crippen molar-refractivity contribution in [2.45, 2.75) is 6.92 Å². The number of ether oxygens (including phenoxy) is 1. The Morgan fingerprint density at radius 2 is 1.95 bits per heavy atom. The molecule has 0 aliphatic heterocycles. The summed E-state index contributed by atoms with van der Waals surface area (Å²) in [4.78, 5) is 0. The normalized spacial score (nSPS) is 11.0. The van der Waals surface area contributed by atoms with Gasteiger partial charge in [-0.2, -0.15) is 5.26 Å². The zero-order chi connectivity index (χ0) is 15.2. The van der Waals surface area contributed by atoms with Crippen molar-refractivity contribution in [2.24, 2.45) is 0 Å². The first-order valence-electron chi connectivity index (χ1n) is 6.44. The maximum Gasteiger partial charge on any atom is 0.126 e. The molecular weight excluding hydrogens is 305 g/mol. The van der Waals surface area contributed by atoms with E-state index in [4.69, 9.17) is 27.9 Å². The second kappa shape index (κ2) is 7.17. The van der Waals surface area contributed by atoms with Crippen molar-refractivity contribution in [2.75, 3.05) is 6.61 Å². The molecule has 2 rings (SSSR count). The van der Waals surface area contributed by atoms with E-state index in [0.717, 1.165) is 11.1 Å². The van der Waals surface area contributed by atoms with Gasteiger partial charge in [0.15, 0.2) is 0 Å². The zero-order valence-electron chi connectivity index (χ0n) is 11.4. The quantitative estimate of drug-likeness (QED) is 0.554. The standard InChI is InChI=1S/C17H13Cl2NO/c1-2-21-17-7-6-16(19)10-13(17)8-14(11-20)12-4-3-5-15(18)9-12/h3-10H,2H2,1H3. The summed E-state index contributed by atoms with van der Waals surface area (Å²) in [5.74, 6) is 0.691. The first kappa shape index (κ1) is 15.4. The summed E-state index contributed by atoms with van der Waals surface area (Å²) in [6, 6.07) is 14.7. The van der Waals surface area contributed by atoms with Crippen LogP contribution in [0.2, 0.25) is 10.0 Å². The van der Waals surface area contributed by atoms with Gasteiger partial charge in [-0.1, -0.05) is 35.3 Å². The molecule has 0 atom stereocenters. The van der Waals surface area contributed by atoms with E-state index in [1.54, 1.807) is 36.4 Å². The molecule has 4 heteroatoms. The molecule has 106 valence electrons. The zero-order valence-corrected chi connectivity index (χ0v) is 12.9. The average molecular weight is 318 g/mol. The molecule has 0 saturated heterocycles. The summed E-state index contributed by atoms with van der Waals surface area (Å²) in [5.41, 5.74) is 2.02. The van der Waals surface area contributed by atoms with E-state index in [1.807, 2.05) is 19.1 Å². The fourth-order valence-electron chi connectivity index (χ4n) is 1.91. The van der Waals surface area contributed by atoms with Crippen molar-refractivity contribution in [3.05, 3.63) is 63.6 Å². The minimum atomic E-state index is 0.501. The second-order valence-corrected chi connectivity index (χ2v) is 5.17. The number of hydrogen-bond acceptors (Lipinski definition) is 2. The Morgan fingerprint density at radius 1 is 1.19 bits per heavy atom. The number of nitriles is 1. The summed E-state index contributed by atoms with van der Waals surface area (Å²) in [6.07, 6.45) is 1.75. The van der Waals surface area contributed by atoms with Crippen LogP contribution in [0.4, 0.5) is 0 Å². The van der Waals surface area contributed by atoms with Crippen LogP contribution in [0.5, 0.6) is 5.75 Å². The largest absolute Gasteiger partial charge is 0.493 e. The van der Waals surface area contributed by atoms with Crippen LogP contribution in [-0.4, -0.2) is 6.61 Å². The van der Waals surface area contributed by atoms with E-state index in [1.165, 1.54) is 0 Å². The molecule has 0 amide bonds. The summed E-state index contributed by atoms with van der Waals surface area (Å²) in [5, 5.41) is 10.6. The first-order chi connectivity index (χ1) is 10.1. The van der Waals surface area contributed by atoms with Crippen molar-refractivity contribution in [3.63, 3.8) is 0 Å². The number of allylic oxidation sites excluding steroid dienone is 1. The summed E-state index contributed by atoms with van der Waals surface area (Å²) in [7, 11) is 0. The van der Waals surface area contributed by atoms with Crippen LogP contribution in [0.1, 0.15) is 18.1 Å². The second-order valence-electron chi connectivity index (χ2n) is 4.30. The number of hydrogen-bond donors (Lipinski definition) is 0. The smallest absolute Gasteiger partial charge is 0.126 e. The highest BCUT2D eigenvalue weighted by molar-refractivity contribution is 6.31. The van der Waals surface area contributed by atoms with Crippen LogP contribution >= 0.6 is 23.2 Å². The Balaban J connectivity index is 2.50. The molecule has 0 bridgehead atoms. The van der Waals surface area contributed by atoms with E-state index < -0.39 is 0 Å². The molecule has 0 aromatic heterocycles. The average Bonchev–Trinajstić information content (AvgIpc) is 2.47. The molecule has 2 aromatic carbocycles. The van der Waals surface area contributed by atoms with Gasteiger partial charge < -0.3 is 4.74 Å². The number of halogens is 2. The fourth-order valence-corrected chi connectivity index (χ4v) is 2.28. The van der Waals surface area contributed by atoms with Crippen molar-refractivity contribution in [3.8, 4) is 11.8 Å². The third-order valence-electron chi connectivity index (χ3n) is 2.83. The van der Waals surface area contributed by atoms with Crippen molar-refractivity contribution < 1.29 is 4.74 Å². The maximum atomic E-state index is 9.39. The van der Waals surface area contributed by atoms with Crippen LogP contribution in [-0.2, 0) is 0 Å². The molecule has 0 saturated carbocycles. The molecule has 0 unspecified atom stereocenters. The molecule has 2 nitrogen and oxygen atoms in total.